The Labute approximate surface area is 165 Å². The lowest BCUT2D eigenvalue weighted by Crippen LogP contribution is -2.56. The van der Waals surface area contributed by atoms with Crippen LogP contribution < -0.4 is 5.32 Å². The Morgan fingerprint density at radius 2 is 2.21 bits per heavy atom. The lowest BCUT2D eigenvalue weighted by molar-refractivity contribution is -0.140. The first-order chi connectivity index (χ1) is 13.3. The third kappa shape index (κ3) is 4.81. The van der Waals surface area contributed by atoms with Crippen LogP contribution in [-0.2, 0) is 29.7 Å². The number of aromatic nitrogens is 2. The van der Waals surface area contributed by atoms with Crippen LogP contribution in [0.15, 0.2) is 28.9 Å². The summed E-state index contributed by atoms with van der Waals surface area (Å²) in [6, 6.07) is 3.36. The zero-order valence-electron chi connectivity index (χ0n) is 17.0. The smallest absolute Gasteiger partial charge is 0.237 e. The lowest BCUT2D eigenvalue weighted by Gasteiger charge is -2.36. The average molecular weight is 387 g/mol. The maximum absolute atomic E-state index is 13.1. The van der Waals surface area contributed by atoms with Gasteiger partial charge >= 0.3 is 0 Å². The number of aryl methyl sites for hydroxylation is 2. The van der Waals surface area contributed by atoms with Crippen molar-refractivity contribution in [2.24, 2.45) is 7.05 Å². The fourth-order valence-electron chi connectivity index (χ4n) is 3.54. The van der Waals surface area contributed by atoms with Crippen molar-refractivity contribution >= 4 is 11.8 Å². The summed E-state index contributed by atoms with van der Waals surface area (Å²) < 4.78 is 7.39. The van der Waals surface area contributed by atoms with Gasteiger partial charge in [0.25, 0.3) is 0 Å². The standard InChI is InChI=1S/C20H29N5O3/c1-14(2)25(12-16-10-22-23(4)11-16)19(26)9-18-20(27)21-7-8-24(18)13-17-6-5-15(3)28-17/h5-6,10-11,14,18H,7-9,12-13H2,1-4H3,(H,21,27). The first kappa shape index (κ1) is 20.1. The maximum atomic E-state index is 13.1. The van der Waals surface area contributed by atoms with Crippen LogP contribution >= 0.6 is 0 Å². The molecule has 0 saturated carbocycles. The Hall–Kier alpha value is -2.61. The normalized spacial score (nSPS) is 17.8. The van der Waals surface area contributed by atoms with Crippen molar-refractivity contribution in [1.29, 1.82) is 0 Å². The molecule has 1 fully saturated rings. The molecule has 3 heterocycles. The van der Waals surface area contributed by atoms with Gasteiger partial charge in [0.1, 0.15) is 11.5 Å². The summed E-state index contributed by atoms with van der Waals surface area (Å²) in [4.78, 5) is 29.4. The quantitative estimate of drug-likeness (QED) is 0.777. The highest BCUT2D eigenvalue weighted by Crippen LogP contribution is 2.18. The molecule has 8 heteroatoms. The summed E-state index contributed by atoms with van der Waals surface area (Å²) in [6.07, 6.45) is 3.81. The minimum atomic E-state index is -0.498. The number of carbonyl (C=O) groups is 2. The van der Waals surface area contributed by atoms with Crippen molar-refractivity contribution < 1.29 is 14.0 Å². The molecule has 2 aromatic rings. The summed E-state index contributed by atoms with van der Waals surface area (Å²) in [7, 11) is 1.85. The molecule has 0 spiro atoms. The molecule has 1 N–H and O–H groups in total. The van der Waals surface area contributed by atoms with Gasteiger partial charge in [-0.2, -0.15) is 5.10 Å². The van der Waals surface area contributed by atoms with E-state index >= 15 is 0 Å². The van der Waals surface area contributed by atoms with E-state index in [-0.39, 0.29) is 24.3 Å². The number of nitrogens with zero attached hydrogens (tertiary/aromatic N) is 4. The van der Waals surface area contributed by atoms with E-state index in [1.54, 1.807) is 15.8 Å². The van der Waals surface area contributed by atoms with Gasteiger partial charge in [0.05, 0.1) is 25.2 Å². The van der Waals surface area contributed by atoms with Gasteiger partial charge in [-0.05, 0) is 32.9 Å². The molecule has 0 aromatic carbocycles. The molecule has 0 radical (unpaired) electrons. The van der Waals surface area contributed by atoms with E-state index in [2.05, 4.69) is 10.4 Å². The van der Waals surface area contributed by atoms with Crippen LogP contribution in [0.5, 0.6) is 0 Å². The van der Waals surface area contributed by atoms with Gasteiger partial charge in [0.15, 0.2) is 0 Å². The van der Waals surface area contributed by atoms with Crippen LogP contribution in [0, 0.1) is 6.92 Å². The summed E-state index contributed by atoms with van der Waals surface area (Å²) in [5.74, 6) is 1.50. The zero-order chi connectivity index (χ0) is 20.3. The Balaban J connectivity index is 1.70. The van der Waals surface area contributed by atoms with Crippen LogP contribution in [0.3, 0.4) is 0 Å². The highest BCUT2D eigenvalue weighted by atomic mass is 16.3. The maximum Gasteiger partial charge on any atom is 0.237 e. The largest absolute Gasteiger partial charge is 0.465 e. The zero-order valence-corrected chi connectivity index (χ0v) is 17.0. The van der Waals surface area contributed by atoms with Crippen molar-refractivity contribution in [2.45, 2.75) is 52.4 Å². The van der Waals surface area contributed by atoms with E-state index in [0.717, 1.165) is 17.1 Å². The van der Waals surface area contributed by atoms with Gasteiger partial charge < -0.3 is 14.6 Å². The van der Waals surface area contributed by atoms with Crippen LogP contribution in [-0.4, -0.2) is 56.6 Å². The number of carbonyl (C=O) groups excluding carboxylic acids is 2. The van der Waals surface area contributed by atoms with Crippen LogP contribution in [0.2, 0.25) is 0 Å². The van der Waals surface area contributed by atoms with Gasteiger partial charge in [-0.3, -0.25) is 19.2 Å². The number of nitrogens with one attached hydrogen (secondary N) is 1. The third-order valence-corrected chi connectivity index (χ3v) is 5.02. The summed E-state index contributed by atoms with van der Waals surface area (Å²) in [5.41, 5.74) is 0.973. The molecular formula is C20H29N5O3. The molecule has 0 aliphatic carbocycles. The molecule has 152 valence electrons. The van der Waals surface area contributed by atoms with E-state index in [1.807, 2.05) is 51.0 Å². The van der Waals surface area contributed by atoms with E-state index in [4.69, 9.17) is 4.42 Å². The van der Waals surface area contributed by atoms with Crippen LogP contribution in [0.25, 0.3) is 0 Å². The fourth-order valence-corrected chi connectivity index (χ4v) is 3.54. The molecule has 1 unspecified atom stereocenters. The molecule has 8 nitrogen and oxygen atoms in total. The number of hydrogen-bond donors (Lipinski definition) is 1. The van der Waals surface area contributed by atoms with Gasteiger partial charge in [-0.25, -0.2) is 0 Å². The van der Waals surface area contributed by atoms with Gasteiger partial charge in [0.2, 0.25) is 11.8 Å². The number of furan rings is 1. The van der Waals surface area contributed by atoms with Crippen molar-refractivity contribution in [3.63, 3.8) is 0 Å². The summed E-state index contributed by atoms with van der Waals surface area (Å²) >= 11 is 0. The molecular weight excluding hydrogens is 358 g/mol. The molecule has 1 aliphatic rings. The molecule has 1 atom stereocenters. The molecule has 1 saturated heterocycles. The molecule has 1 aliphatic heterocycles. The Kier molecular flexibility index (Phi) is 6.18. The van der Waals surface area contributed by atoms with Crippen molar-refractivity contribution in [3.05, 3.63) is 41.6 Å². The van der Waals surface area contributed by atoms with E-state index in [9.17, 15) is 9.59 Å². The molecule has 28 heavy (non-hydrogen) atoms. The number of piperazine rings is 1. The Bertz CT molecular complexity index is 825. The Morgan fingerprint density at radius 3 is 2.82 bits per heavy atom. The minimum Gasteiger partial charge on any atom is -0.465 e. The Morgan fingerprint density at radius 1 is 1.43 bits per heavy atom. The lowest BCUT2D eigenvalue weighted by atomic mass is 10.1. The van der Waals surface area contributed by atoms with Gasteiger partial charge in [0, 0.05) is 44.5 Å². The van der Waals surface area contributed by atoms with Crippen LogP contribution in [0.4, 0.5) is 0 Å². The van der Waals surface area contributed by atoms with Gasteiger partial charge in [-0.15, -0.1) is 0 Å². The number of rotatable bonds is 7. The molecule has 3 rings (SSSR count). The second-order valence-corrected chi connectivity index (χ2v) is 7.63. The summed E-state index contributed by atoms with van der Waals surface area (Å²) in [6.45, 7) is 8.13. The second-order valence-electron chi connectivity index (χ2n) is 7.63. The first-order valence-electron chi connectivity index (χ1n) is 9.67. The molecule has 0 bridgehead atoms. The summed E-state index contributed by atoms with van der Waals surface area (Å²) in [5, 5.41) is 7.06. The predicted molar refractivity (Wildman–Crippen MR) is 104 cm³/mol. The van der Waals surface area contributed by atoms with E-state index in [0.29, 0.717) is 26.2 Å². The average Bonchev–Trinajstić information content (AvgIpc) is 3.23. The van der Waals surface area contributed by atoms with E-state index < -0.39 is 6.04 Å². The van der Waals surface area contributed by atoms with Crippen molar-refractivity contribution in [2.75, 3.05) is 13.1 Å². The number of hydrogen-bond acceptors (Lipinski definition) is 5. The molecule has 2 amide bonds. The topological polar surface area (TPSA) is 83.6 Å². The van der Waals surface area contributed by atoms with Gasteiger partial charge in [-0.1, -0.05) is 0 Å². The number of amides is 2. The van der Waals surface area contributed by atoms with Crippen molar-refractivity contribution in [3.8, 4) is 0 Å². The SMILES string of the molecule is Cc1ccc(CN2CCNC(=O)C2CC(=O)N(Cc2cnn(C)c2)C(C)C)o1. The second kappa shape index (κ2) is 8.60. The third-order valence-electron chi connectivity index (χ3n) is 5.02. The minimum absolute atomic E-state index is 0.0283. The van der Waals surface area contributed by atoms with Crippen LogP contribution in [0.1, 0.15) is 37.4 Å². The predicted octanol–water partition coefficient (Wildman–Crippen LogP) is 1.45. The first-order valence-corrected chi connectivity index (χ1v) is 9.67. The van der Waals surface area contributed by atoms with E-state index in [1.165, 1.54) is 0 Å². The highest BCUT2D eigenvalue weighted by molar-refractivity contribution is 5.89. The van der Waals surface area contributed by atoms with Crippen molar-refractivity contribution in [1.82, 2.24) is 24.9 Å². The highest BCUT2D eigenvalue weighted by Gasteiger charge is 2.34. The molecule has 2 aromatic heterocycles. The fraction of sp³-hybridized carbons (Fsp3) is 0.550. The monoisotopic (exact) mass is 387 g/mol.